The molecule has 1 N–H and O–H groups in total. The van der Waals surface area contributed by atoms with Gasteiger partial charge < -0.3 is 19.4 Å². The molecule has 0 aliphatic heterocycles. The van der Waals surface area contributed by atoms with Gasteiger partial charge in [-0.3, -0.25) is 4.79 Å². The van der Waals surface area contributed by atoms with Crippen LogP contribution in [0, 0.1) is 6.92 Å². The summed E-state index contributed by atoms with van der Waals surface area (Å²) in [5.41, 5.74) is 6.00. The first kappa shape index (κ1) is 27.3. The van der Waals surface area contributed by atoms with Crippen LogP contribution < -0.4 is 14.8 Å². The van der Waals surface area contributed by atoms with Gasteiger partial charge in [0.2, 0.25) is 0 Å². The smallest absolute Gasteiger partial charge is 0.251 e. The number of rotatable bonds is 12. The number of aromatic nitrogens is 2. The molecule has 6 nitrogen and oxygen atoms in total. The summed E-state index contributed by atoms with van der Waals surface area (Å²) < 4.78 is 13.1. The number of carbonyl (C=O) groups is 1. The molecule has 0 saturated carbocycles. The number of hydrogen-bond acceptors (Lipinski definition) is 5. The number of carbonyl (C=O) groups excluding carboxylic acids is 1. The van der Waals surface area contributed by atoms with Gasteiger partial charge in [-0.25, -0.2) is 4.98 Å². The summed E-state index contributed by atoms with van der Waals surface area (Å²) in [6.07, 6.45) is 1.83. The molecule has 4 rings (SSSR count). The molecule has 0 aliphatic rings. The number of imidazole rings is 1. The Morgan fingerprint density at radius 2 is 1.50 bits per heavy atom. The number of aryl methyl sites for hydroxylation is 1. The Morgan fingerprint density at radius 3 is 2.08 bits per heavy atom. The van der Waals surface area contributed by atoms with Crippen LogP contribution in [0.4, 0.5) is 0 Å². The third kappa shape index (κ3) is 6.58. The van der Waals surface area contributed by atoms with Crippen LogP contribution in [-0.2, 0) is 6.54 Å². The maximum atomic E-state index is 12.4. The van der Waals surface area contributed by atoms with Crippen LogP contribution in [0.1, 0.15) is 35.7 Å². The highest BCUT2D eigenvalue weighted by Crippen LogP contribution is 2.37. The number of hydrogen-bond donors (Lipinski definition) is 1. The summed E-state index contributed by atoms with van der Waals surface area (Å²) in [5.74, 6) is 2.45. The normalized spacial score (nSPS) is 10.8. The standard InChI is InChI=1S/C31H35N3O3S/c1-5-20-34-29(24-13-17-27(37-4)18-14-24)28(23-11-15-26(36-3)16-12-23)33-31(34)38-21-6-19-32-30(35)25-9-7-22(2)8-10-25/h7-18H,5-6,19-21H2,1-4H3,(H,32,35). The zero-order valence-electron chi connectivity index (χ0n) is 22.5. The van der Waals surface area contributed by atoms with E-state index in [2.05, 4.69) is 41.1 Å². The van der Waals surface area contributed by atoms with Gasteiger partial charge in [-0.15, -0.1) is 0 Å². The fourth-order valence-corrected chi connectivity index (χ4v) is 5.18. The first-order valence-electron chi connectivity index (χ1n) is 12.9. The second kappa shape index (κ2) is 13.2. The molecule has 1 heterocycles. The van der Waals surface area contributed by atoms with Crippen LogP contribution in [0.3, 0.4) is 0 Å². The van der Waals surface area contributed by atoms with Crippen LogP contribution >= 0.6 is 11.8 Å². The molecule has 198 valence electrons. The van der Waals surface area contributed by atoms with Gasteiger partial charge in [0.15, 0.2) is 5.16 Å². The van der Waals surface area contributed by atoms with E-state index in [1.165, 1.54) is 0 Å². The highest BCUT2D eigenvalue weighted by molar-refractivity contribution is 7.99. The fourth-order valence-electron chi connectivity index (χ4n) is 4.21. The second-order valence-corrected chi connectivity index (χ2v) is 10.1. The molecule has 3 aromatic carbocycles. The van der Waals surface area contributed by atoms with Gasteiger partial charge in [0.05, 0.1) is 25.6 Å². The van der Waals surface area contributed by atoms with E-state index >= 15 is 0 Å². The van der Waals surface area contributed by atoms with Crippen molar-refractivity contribution >= 4 is 17.7 Å². The highest BCUT2D eigenvalue weighted by atomic mass is 32.2. The van der Waals surface area contributed by atoms with Crippen molar-refractivity contribution in [2.75, 3.05) is 26.5 Å². The van der Waals surface area contributed by atoms with Gasteiger partial charge >= 0.3 is 0 Å². The first-order chi connectivity index (χ1) is 18.5. The fraction of sp³-hybridized carbons (Fsp3) is 0.290. The quantitative estimate of drug-likeness (QED) is 0.160. The van der Waals surface area contributed by atoms with Gasteiger partial charge in [-0.1, -0.05) is 36.4 Å². The lowest BCUT2D eigenvalue weighted by molar-refractivity contribution is 0.0954. The van der Waals surface area contributed by atoms with Crippen molar-refractivity contribution in [3.05, 3.63) is 83.9 Å². The molecule has 1 aromatic heterocycles. The minimum Gasteiger partial charge on any atom is -0.497 e. The van der Waals surface area contributed by atoms with Crippen LogP contribution in [0.2, 0.25) is 0 Å². The van der Waals surface area contributed by atoms with Crippen molar-refractivity contribution in [2.24, 2.45) is 0 Å². The summed E-state index contributed by atoms with van der Waals surface area (Å²) in [4.78, 5) is 17.6. The minimum absolute atomic E-state index is 0.0360. The van der Waals surface area contributed by atoms with E-state index in [0.717, 1.165) is 69.9 Å². The number of amides is 1. The lowest BCUT2D eigenvalue weighted by Crippen LogP contribution is -2.24. The van der Waals surface area contributed by atoms with E-state index < -0.39 is 0 Å². The maximum absolute atomic E-state index is 12.4. The molecule has 0 aliphatic carbocycles. The second-order valence-electron chi connectivity index (χ2n) is 9.02. The summed E-state index contributed by atoms with van der Waals surface area (Å²) in [6, 6.07) is 23.8. The van der Waals surface area contributed by atoms with Crippen molar-refractivity contribution in [1.82, 2.24) is 14.9 Å². The largest absolute Gasteiger partial charge is 0.497 e. The molecule has 7 heteroatoms. The Kier molecular flexibility index (Phi) is 9.49. The number of benzene rings is 3. The zero-order chi connectivity index (χ0) is 26.9. The highest BCUT2D eigenvalue weighted by Gasteiger charge is 2.20. The van der Waals surface area contributed by atoms with E-state index in [4.69, 9.17) is 14.5 Å². The Bertz CT molecular complexity index is 1330. The average molecular weight is 530 g/mol. The minimum atomic E-state index is -0.0360. The third-order valence-corrected chi connectivity index (χ3v) is 7.32. The Morgan fingerprint density at radius 1 is 0.895 bits per heavy atom. The van der Waals surface area contributed by atoms with Crippen molar-refractivity contribution in [3.8, 4) is 34.0 Å². The maximum Gasteiger partial charge on any atom is 0.251 e. The Labute approximate surface area is 229 Å². The molecule has 0 fully saturated rings. The topological polar surface area (TPSA) is 65.4 Å². The van der Waals surface area contributed by atoms with E-state index in [1.807, 2.05) is 55.5 Å². The molecule has 0 unspecified atom stereocenters. The number of ether oxygens (including phenoxy) is 2. The van der Waals surface area contributed by atoms with Crippen molar-refractivity contribution in [1.29, 1.82) is 0 Å². The van der Waals surface area contributed by atoms with Gasteiger partial charge in [0.1, 0.15) is 11.5 Å². The number of nitrogens with one attached hydrogen (secondary N) is 1. The van der Waals surface area contributed by atoms with Gasteiger partial charge in [-0.2, -0.15) is 0 Å². The molecule has 0 bridgehead atoms. The number of methoxy groups -OCH3 is 2. The van der Waals surface area contributed by atoms with Crippen molar-refractivity contribution in [2.45, 2.75) is 38.4 Å². The molecular weight excluding hydrogens is 494 g/mol. The molecular formula is C31H35N3O3S. The monoisotopic (exact) mass is 529 g/mol. The van der Waals surface area contributed by atoms with Gasteiger partial charge in [-0.05, 0) is 80.4 Å². The Hall–Kier alpha value is -3.71. The van der Waals surface area contributed by atoms with E-state index in [9.17, 15) is 4.79 Å². The number of nitrogens with zero attached hydrogens (tertiary/aromatic N) is 2. The van der Waals surface area contributed by atoms with Crippen LogP contribution in [-0.4, -0.2) is 42.0 Å². The van der Waals surface area contributed by atoms with Crippen LogP contribution in [0.15, 0.2) is 78.0 Å². The average Bonchev–Trinajstić information content (AvgIpc) is 3.31. The molecule has 0 atom stereocenters. The van der Waals surface area contributed by atoms with Gasteiger partial charge in [0, 0.05) is 35.5 Å². The number of thioether (sulfide) groups is 1. The SMILES string of the molecule is CCCn1c(SCCCNC(=O)c2ccc(C)cc2)nc(-c2ccc(OC)cc2)c1-c1ccc(OC)cc1. The summed E-state index contributed by atoms with van der Waals surface area (Å²) >= 11 is 1.73. The summed E-state index contributed by atoms with van der Waals surface area (Å²) in [7, 11) is 3.35. The molecule has 0 spiro atoms. The van der Waals surface area contributed by atoms with E-state index in [-0.39, 0.29) is 5.91 Å². The van der Waals surface area contributed by atoms with Crippen LogP contribution in [0.5, 0.6) is 11.5 Å². The molecule has 0 radical (unpaired) electrons. The zero-order valence-corrected chi connectivity index (χ0v) is 23.3. The molecule has 4 aromatic rings. The van der Waals surface area contributed by atoms with E-state index in [0.29, 0.717) is 12.1 Å². The first-order valence-corrected chi connectivity index (χ1v) is 13.9. The molecule has 38 heavy (non-hydrogen) atoms. The van der Waals surface area contributed by atoms with E-state index in [1.54, 1.807) is 26.0 Å². The van der Waals surface area contributed by atoms with Crippen LogP contribution in [0.25, 0.3) is 22.5 Å². The van der Waals surface area contributed by atoms with Crippen molar-refractivity contribution in [3.63, 3.8) is 0 Å². The van der Waals surface area contributed by atoms with Crippen molar-refractivity contribution < 1.29 is 14.3 Å². The Balaban J connectivity index is 1.54. The summed E-state index contributed by atoms with van der Waals surface area (Å²) in [5, 5.41) is 4.01. The summed E-state index contributed by atoms with van der Waals surface area (Å²) in [6.45, 7) is 5.67. The lowest BCUT2D eigenvalue weighted by atomic mass is 10.0. The predicted octanol–water partition coefficient (Wildman–Crippen LogP) is 6.86. The van der Waals surface area contributed by atoms with Gasteiger partial charge in [0.25, 0.3) is 5.91 Å². The lowest BCUT2D eigenvalue weighted by Gasteiger charge is -2.13. The predicted molar refractivity (Wildman–Crippen MR) is 155 cm³/mol. The third-order valence-electron chi connectivity index (χ3n) is 6.26. The molecule has 0 saturated heterocycles. The molecule has 1 amide bonds.